The lowest BCUT2D eigenvalue weighted by atomic mass is 10.2. The number of anilines is 1. The highest BCUT2D eigenvalue weighted by Gasteiger charge is 2.33. The van der Waals surface area contributed by atoms with E-state index in [2.05, 4.69) is 21.3 Å². The molecule has 1 saturated heterocycles. The average Bonchev–Trinajstić information content (AvgIpc) is 2.83. The van der Waals surface area contributed by atoms with Crippen LogP contribution in [0.15, 0.2) is 18.5 Å². The summed E-state index contributed by atoms with van der Waals surface area (Å²) in [5.74, 6) is 0. The molecule has 5 heteroatoms. The summed E-state index contributed by atoms with van der Waals surface area (Å²) < 4.78 is 10.9. The highest BCUT2D eigenvalue weighted by molar-refractivity contribution is 5.53. The number of rotatable bonds is 5. The number of nitrogens with zero attached hydrogens (tertiary/aromatic N) is 2. The summed E-state index contributed by atoms with van der Waals surface area (Å²) in [6.07, 6.45) is 4.00. The number of aromatic nitrogens is 1. The van der Waals surface area contributed by atoms with Gasteiger partial charge in [0.15, 0.2) is 0 Å². The van der Waals surface area contributed by atoms with Crippen molar-refractivity contribution in [2.45, 2.75) is 18.8 Å². The van der Waals surface area contributed by atoms with Crippen molar-refractivity contribution in [1.82, 2.24) is 10.3 Å². The molecule has 1 aromatic rings. The Labute approximate surface area is 108 Å². The highest BCUT2D eigenvalue weighted by Crippen LogP contribution is 2.26. The summed E-state index contributed by atoms with van der Waals surface area (Å²) in [5, 5.41) is 3.17. The molecular weight excluding hydrogens is 230 g/mol. The Balaban J connectivity index is 2.17. The molecule has 2 unspecified atom stereocenters. The second-order valence-corrected chi connectivity index (χ2v) is 4.49. The number of ether oxygens (including phenoxy) is 2. The molecule has 0 radical (unpaired) electrons. The van der Waals surface area contributed by atoms with E-state index >= 15 is 0 Å². The van der Waals surface area contributed by atoms with Crippen molar-refractivity contribution in [2.24, 2.45) is 0 Å². The molecule has 1 aliphatic rings. The first-order chi connectivity index (χ1) is 8.80. The molecule has 2 rings (SSSR count). The highest BCUT2D eigenvalue weighted by atomic mass is 16.5. The van der Waals surface area contributed by atoms with Crippen LogP contribution in [0, 0.1) is 0 Å². The van der Waals surface area contributed by atoms with Gasteiger partial charge in [0.1, 0.15) is 12.2 Å². The maximum absolute atomic E-state index is 5.47. The molecule has 0 aliphatic carbocycles. The molecule has 0 bridgehead atoms. The lowest BCUT2D eigenvalue weighted by molar-refractivity contribution is -0.00461. The molecule has 0 spiro atoms. The van der Waals surface area contributed by atoms with Crippen LogP contribution in [0.25, 0.3) is 0 Å². The average molecular weight is 251 g/mol. The van der Waals surface area contributed by atoms with E-state index in [1.807, 2.05) is 19.4 Å². The predicted molar refractivity (Wildman–Crippen MR) is 70.8 cm³/mol. The summed E-state index contributed by atoms with van der Waals surface area (Å²) in [4.78, 5) is 6.49. The minimum atomic E-state index is 0.130. The molecule has 1 aliphatic heterocycles. The van der Waals surface area contributed by atoms with Gasteiger partial charge in [-0.05, 0) is 13.1 Å². The van der Waals surface area contributed by atoms with Gasteiger partial charge in [0.2, 0.25) is 0 Å². The van der Waals surface area contributed by atoms with Crippen molar-refractivity contribution in [3.8, 4) is 0 Å². The number of hydrogen-bond acceptors (Lipinski definition) is 5. The largest absolute Gasteiger partial charge is 0.377 e. The zero-order valence-corrected chi connectivity index (χ0v) is 11.2. The summed E-state index contributed by atoms with van der Waals surface area (Å²) in [7, 11) is 5.42. The van der Waals surface area contributed by atoms with Gasteiger partial charge in [0.25, 0.3) is 0 Å². The number of hydrogen-bond donors (Lipinski definition) is 1. The van der Waals surface area contributed by atoms with Crippen LogP contribution in [0.3, 0.4) is 0 Å². The van der Waals surface area contributed by atoms with E-state index in [4.69, 9.17) is 9.47 Å². The molecule has 5 nitrogen and oxygen atoms in total. The van der Waals surface area contributed by atoms with Gasteiger partial charge >= 0.3 is 0 Å². The molecule has 0 aromatic carbocycles. The number of pyridine rings is 1. The van der Waals surface area contributed by atoms with E-state index in [1.165, 1.54) is 11.3 Å². The normalized spacial score (nSPS) is 23.6. The third kappa shape index (κ3) is 2.63. The van der Waals surface area contributed by atoms with Crippen LogP contribution in [0.5, 0.6) is 0 Å². The van der Waals surface area contributed by atoms with Crippen molar-refractivity contribution in [2.75, 3.05) is 39.3 Å². The lowest BCUT2D eigenvalue weighted by Gasteiger charge is -2.21. The van der Waals surface area contributed by atoms with E-state index in [9.17, 15) is 0 Å². The van der Waals surface area contributed by atoms with Gasteiger partial charge in [-0.3, -0.25) is 4.98 Å². The van der Waals surface area contributed by atoms with Gasteiger partial charge in [-0.25, -0.2) is 0 Å². The van der Waals surface area contributed by atoms with Crippen LogP contribution in [0.4, 0.5) is 5.69 Å². The standard InChI is InChI=1S/C13H21N3O2/c1-14-6-10-7-15-5-4-11(10)16-8-12(17-2)13(9-16)18-3/h4-5,7,12-14H,6,8-9H2,1-3H3. The predicted octanol–water partition coefficient (Wildman–Crippen LogP) is 0.651. The van der Waals surface area contributed by atoms with Crippen molar-refractivity contribution in [3.63, 3.8) is 0 Å². The third-order valence-electron chi connectivity index (χ3n) is 3.41. The molecule has 0 saturated carbocycles. The molecule has 1 N–H and O–H groups in total. The fraction of sp³-hybridized carbons (Fsp3) is 0.615. The van der Waals surface area contributed by atoms with Gasteiger partial charge in [0, 0.05) is 57.5 Å². The van der Waals surface area contributed by atoms with E-state index in [-0.39, 0.29) is 12.2 Å². The van der Waals surface area contributed by atoms with Crippen LogP contribution in [0.2, 0.25) is 0 Å². The van der Waals surface area contributed by atoms with Crippen LogP contribution < -0.4 is 10.2 Å². The van der Waals surface area contributed by atoms with Crippen LogP contribution in [-0.2, 0) is 16.0 Å². The summed E-state index contributed by atoms with van der Waals surface area (Å²) >= 11 is 0. The Morgan fingerprint density at radius 2 is 2.00 bits per heavy atom. The Morgan fingerprint density at radius 1 is 1.33 bits per heavy atom. The molecule has 1 aromatic heterocycles. The quantitative estimate of drug-likeness (QED) is 0.832. The number of nitrogens with one attached hydrogen (secondary N) is 1. The number of methoxy groups -OCH3 is 2. The maximum atomic E-state index is 5.47. The Hall–Kier alpha value is -1.17. The van der Waals surface area contributed by atoms with Crippen LogP contribution in [-0.4, -0.2) is 51.5 Å². The molecule has 2 atom stereocenters. The van der Waals surface area contributed by atoms with Crippen molar-refractivity contribution in [3.05, 3.63) is 24.0 Å². The van der Waals surface area contributed by atoms with E-state index in [1.54, 1.807) is 14.2 Å². The Kier molecular flexibility index (Phi) is 4.52. The van der Waals surface area contributed by atoms with Gasteiger partial charge in [-0.1, -0.05) is 0 Å². The monoisotopic (exact) mass is 251 g/mol. The third-order valence-corrected chi connectivity index (χ3v) is 3.41. The first-order valence-electron chi connectivity index (χ1n) is 6.18. The summed E-state index contributed by atoms with van der Waals surface area (Å²) in [6, 6.07) is 2.05. The second-order valence-electron chi connectivity index (χ2n) is 4.49. The molecule has 0 amide bonds. The SMILES string of the molecule is CNCc1cnccc1N1CC(OC)C(OC)C1. The van der Waals surface area contributed by atoms with Gasteiger partial charge in [-0.2, -0.15) is 0 Å². The van der Waals surface area contributed by atoms with Crippen molar-refractivity contribution in [1.29, 1.82) is 0 Å². The van der Waals surface area contributed by atoms with Crippen molar-refractivity contribution < 1.29 is 9.47 Å². The Bertz CT molecular complexity index is 374. The van der Waals surface area contributed by atoms with E-state index in [0.29, 0.717) is 0 Å². The maximum Gasteiger partial charge on any atom is 0.102 e. The van der Waals surface area contributed by atoms with Crippen molar-refractivity contribution >= 4 is 5.69 Å². The topological polar surface area (TPSA) is 46.6 Å². The fourth-order valence-electron chi connectivity index (χ4n) is 2.45. The fourth-order valence-corrected chi connectivity index (χ4v) is 2.45. The minimum absolute atomic E-state index is 0.130. The zero-order valence-electron chi connectivity index (χ0n) is 11.2. The van der Waals surface area contributed by atoms with E-state index in [0.717, 1.165) is 19.6 Å². The van der Waals surface area contributed by atoms with Crippen LogP contribution in [0.1, 0.15) is 5.56 Å². The van der Waals surface area contributed by atoms with Crippen LogP contribution >= 0.6 is 0 Å². The smallest absolute Gasteiger partial charge is 0.102 e. The van der Waals surface area contributed by atoms with Gasteiger partial charge in [0.05, 0.1) is 0 Å². The summed E-state index contributed by atoms with van der Waals surface area (Å²) in [5.41, 5.74) is 2.41. The molecule has 2 heterocycles. The first kappa shape index (κ1) is 13.3. The zero-order chi connectivity index (χ0) is 13.0. The van der Waals surface area contributed by atoms with Gasteiger partial charge in [-0.15, -0.1) is 0 Å². The molecule has 1 fully saturated rings. The first-order valence-corrected chi connectivity index (χ1v) is 6.18. The Morgan fingerprint density at radius 3 is 2.56 bits per heavy atom. The van der Waals surface area contributed by atoms with Gasteiger partial charge < -0.3 is 19.7 Å². The molecular formula is C13H21N3O2. The second kappa shape index (κ2) is 6.13. The molecule has 18 heavy (non-hydrogen) atoms. The minimum Gasteiger partial charge on any atom is -0.377 e. The molecule has 100 valence electrons. The lowest BCUT2D eigenvalue weighted by Crippen LogP contribution is -2.27. The summed E-state index contributed by atoms with van der Waals surface area (Å²) in [6.45, 7) is 2.53. The van der Waals surface area contributed by atoms with E-state index < -0.39 is 0 Å².